The first kappa shape index (κ1) is 42.6. The van der Waals surface area contributed by atoms with Crippen molar-refractivity contribution in [3.05, 3.63) is 58.7 Å². The summed E-state index contributed by atoms with van der Waals surface area (Å²) in [5, 5.41) is 15.8. The summed E-state index contributed by atoms with van der Waals surface area (Å²) in [4.78, 5) is 91.5. The summed E-state index contributed by atoms with van der Waals surface area (Å²) >= 11 is 0. The Balaban J connectivity index is 1.19. The van der Waals surface area contributed by atoms with Gasteiger partial charge in [0.05, 0.1) is 14.2 Å². The molecular weight excluding hydrogens is 740 g/mol. The molecule has 2 aromatic rings. The predicted octanol–water partition coefficient (Wildman–Crippen LogP) is 3.25. The first-order valence-electron chi connectivity index (χ1n) is 19.4. The Labute approximate surface area is 331 Å². The van der Waals surface area contributed by atoms with Gasteiger partial charge in [-0.2, -0.15) is 0 Å². The van der Waals surface area contributed by atoms with Crippen molar-refractivity contribution in [1.82, 2.24) is 20.4 Å². The summed E-state index contributed by atoms with van der Waals surface area (Å²) < 4.78 is 20.1. The van der Waals surface area contributed by atoms with Crippen molar-refractivity contribution in [2.45, 2.75) is 89.4 Å². The number of methoxy groups -OCH3 is 2. The molecule has 2 fully saturated rings. The maximum atomic E-state index is 13.5. The molecule has 16 heteroatoms. The number of carbonyl (C=O) groups is 7. The number of rotatable bonds is 14. The van der Waals surface area contributed by atoms with Gasteiger partial charge in [0.1, 0.15) is 37.4 Å². The van der Waals surface area contributed by atoms with Gasteiger partial charge in [-0.25, -0.2) is 19.2 Å². The number of ether oxygens (including phenoxy) is 4. The molecule has 2 heterocycles. The standard InChI is InChI=1S/C41H52N4O12/c1-24(2)36(43-41(53)55-4)37(49)45-20-8-12-32(45)39(51)56-22-33(46)26-15-13-25(14-16-26)27-17-18-30(29-10-6-5-9-28(27)29)34(47)23-57-38(50)31-11-7-19-44(31)35(48)21-42-40(52)54-3/h13-18,24,31-33,36,46H,5-12,19-23H2,1-4H3,(H,42,52)(H,43,53)/t31-,32-,33?,36-/m0/s1. The lowest BCUT2D eigenvalue weighted by molar-refractivity contribution is -0.156. The van der Waals surface area contributed by atoms with Crippen molar-refractivity contribution < 1.29 is 57.6 Å². The molecule has 2 aliphatic heterocycles. The molecule has 0 radical (unpaired) electrons. The highest BCUT2D eigenvalue weighted by molar-refractivity contribution is 6.01. The molecule has 2 saturated heterocycles. The first-order chi connectivity index (χ1) is 27.3. The number of Topliss-reactive ketones (excluding diaryl/α,β-unsaturated/α-hetero) is 1. The molecule has 4 atom stereocenters. The van der Waals surface area contributed by atoms with Crippen LogP contribution in [-0.2, 0) is 51.0 Å². The number of hydrogen-bond acceptors (Lipinski definition) is 12. The molecule has 1 aliphatic carbocycles. The van der Waals surface area contributed by atoms with E-state index in [2.05, 4.69) is 20.1 Å². The molecule has 0 spiro atoms. The number of nitrogens with one attached hydrogen (secondary N) is 2. The second-order valence-corrected chi connectivity index (χ2v) is 14.8. The zero-order valence-corrected chi connectivity index (χ0v) is 32.9. The molecule has 16 nitrogen and oxygen atoms in total. The molecule has 4 amide bonds. The number of aliphatic hydroxyl groups excluding tert-OH is 1. The highest BCUT2D eigenvalue weighted by Gasteiger charge is 2.40. The molecule has 0 saturated carbocycles. The maximum absolute atomic E-state index is 13.5. The maximum Gasteiger partial charge on any atom is 0.407 e. The van der Waals surface area contributed by atoms with Gasteiger partial charge in [-0.15, -0.1) is 0 Å². The second-order valence-electron chi connectivity index (χ2n) is 14.8. The normalized spacial score (nSPS) is 18.6. The van der Waals surface area contributed by atoms with E-state index >= 15 is 0 Å². The molecule has 1 unspecified atom stereocenters. The van der Waals surface area contributed by atoms with Crippen LogP contribution in [0.1, 0.15) is 85.5 Å². The number of ketones is 1. The average Bonchev–Trinajstić information content (AvgIpc) is 3.93. The van der Waals surface area contributed by atoms with E-state index in [0.717, 1.165) is 41.5 Å². The van der Waals surface area contributed by atoms with Gasteiger partial charge in [0.2, 0.25) is 17.6 Å². The number of alkyl carbamates (subject to hydrolysis) is 2. The number of nitrogens with zero attached hydrogens (tertiary/aromatic N) is 2. The van der Waals surface area contributed by atoms with Crippen LogP contribution in [0, 0.1) is 5.92 Å². The SMILES string of the molecule is COC(=O)NCC(=O)N1CCC[C@H]1C(=O)OCC(=O)c1ccc(-c2ccc(C(O)COC(=O)[C@@H]3CCCN3C(=O)[C@@H](NC(=O)OC)C(C)C)cc2)c2c1CCCC2. The van der Waals surface area contributed by atoms with Crippen LogP contribution in [0.3, 0.4) is 0 Å². The fourth-order valence-electron chi connectivity index (χ4n) is 7.73. The number of esters is 2. The summed E-state index contributed by atoms with van der Waals surface area (Å²) in [5.74, 6) is -2.74. The minimum Gasteiger partial charge on any atom is -0.461 e. The molecule has 2 aromatic carbocycles. The lowest BCUT2D eigenvalue weighted by Gasteiger charge is -2.29. The predicted molar refractivity (Wildman–Crippen MR) is 204 cm³/mol. The van der Waals surface area contributed by atoms with Crippen LogP contribution in [0.5, 0.6) is 0 Å². The van der Waals surface area contributed by atoms with Gasteiger partial charge in [-0.1, -0.05) is 50.2 Å². The van der Waals surface area contributed by atoms with Crippen LogP contribution >= 0.6 is 0 Å². The Kier molecular flexibility index (Phi) is 14.6. The van der Waals surface area contributed by atoms with Gasteiger partial charge in [0.25, 0.3) is 0 Å². The largest absolute Gasteiger partial charge is 0.461 e. The van der Waals surface area contributed by atoms with Crippen molar-refractivity contribution in [3.8, 4) is 11.1 Å². The van der Waals surface area contributed by atoms with Crippen LogP contribution in [0.2, 0.25) is 0 Å². The van der Waals surface area contributed by atoms with E-state index in [1.807, 2.05) is 18.2 Å². The van der Waals surface area contributed by atoms with Gasteiger partial charge >= 0.3 is 24.1 Å². The zero-order valence-electron chi connectivity index (χ0n) is 32.9. The topological polar surface area (TPSA) is 207 Å². The fraction of sp³-hybridized carbons (Fsp3) is 0.537. The Hall–Kier alpha value is -5.51. The van der Waals surface area contributed by atoms with E-state index in [1.165, 1.54) is 24.0 Å². The van der Waals surface area contributed by atoms with E-state index in [0.29, 0.717) is 56.3 Å². The summed E-state index contributed by atoms with van der Waals surface area (Å²) in [6.45, 7) is 3.13. The van der Waals surface area contributed by atoms with Crippen molar-refractivity contribution in [3.63, 3.8) is 0 Å². The Morgan fingerprint density at radius 2 is 1.39 bits per heavy atom. The van der Waals surface area contributed by atoms with Crippen LogP contribution in [0.25, 0.3) is 11.1 Å². The molecule has 57 heavy (non-hydrogen) atoms. The summed E-state index contributed by atoms with van der Waals surface area (Å²) in [6, 6.07) is 8.29. The van der Waals surface area contributed by atoms with Gasteiger partial charge in [-0.05, 0) is 85.1 Å². The quantitative estimate of drug-likeness (QED) is 0.143. The average molecular weight is 793 g/mol. The highest BCUT2D eigenvalue weighted by Crippen LogP contribution is 2.35. The van der Waals surface area contributed by atoms with E-state index in [4.69, 9.17) is 9.47 Å². The minimum atomic E-state index is -1.12. The number of likely N-dealkylation sites (tertiary alicyclic amines) is 2. The van der Waals surface area contributed by atoms with E-state index < -0.39 is 66.8 Å². The Bertz CT molecular complexity index is 1830. The molecular formula is C41H52N4O12. The van der Waals surface area contributed by atoms with Crippen molar-refractivity contribution in [1.29, 1.82) is 0 Å². The van der Waals surface area contributed by atoms with E-state index in [1.54, 1.807) is 32.0 Å². The van der Waals surface area contributed by atoms with Crippen molar-refractivity contribution >= 4 is 41.7 Å². The summed E-state index contributed by atoms with van der Waals surface area (Å²) in [7, 11) is 2.39. The molecule has 3 N–H and O–H groups in total. The highest BCUT2D eigenvalue weighted by atomic mass is 16.6. The molecule has 5 rings (SSSR count). The molecule has 308 valence electrons. The molecule has 3 aliphatic rings. The number of benzene rings is 2. The molecule has 0 aromatic heterocycles. The first-order valence-corrected chi connectivity index (χ1v) is 19.4. The number of aliphatic hydroxyl groups is 1. The third kappa shape index (κ3) is 10.3. The summed E-state index contributed by atoms with van der Waals surface area (Å²) in [5.41, 5.74) is 4.76. The van der Waals surface area contributed by atoms with Gasteiger partial charge in [0, 0.05) is 18.7 Å². The van der Waals surface area contributed by atoms with Gasteiger partial charge in [0.15, 0.2) is 6.61 Å². The number of carbonyl (C=O) groups excluding carboxylic acids is 7. The Morgan fingerprint density at radius 3 is 2.04 bits per heavy atom. The smallest absolute Gasteiger partial charge is 0.407 e. The second kappa shape index (κ2) is 19.6. The lowest BCUT2D eigenvalue weighted by atomic mass is 9.82. The monoisotopic (exact) mass is 792 g/mol. The van der Waals surface area contributed by atoms with Crippen LogP contribution in [0.4, 0.5) is 9.59 Å². The zero-order chi connectivity index (χ0) is 41.2. The number of hydrogen-bond donors (Lipinski definition) is 3. The van der Waals surface area contributed by atoms with E-state index in [-0.39, 0.29) is 24.9 Å². The van der Waals surface area contributed by atoms with Crippen molar-refractivity contribution in [2.75, 3.05) is 47.1 Å². The Morgan fingerprint density at radius 1 is 0.772 bits per heavy atom. The van der Waals surface area contributed by atoms with Gasteiger partial charge < -0.3 is 44.5 Å². The fourth-order valence-corrected chi connectivity index (χ4v) is 7.73. The third-order valence-corrected chi connectivity index (χ3v) is 10.8. The summed E-state index contributed by atoms with van der Waals surface area (Å²) in [6.07, 6.45) is 2.62. The van der Waals surface area contributed by atoms with Crippen LogP contribution in [0.15, 0.2) is 36.4 Å². The minimum absolute atomic E-state index is 0.249. The van der Waals surface area contributed by atoms with Gasteiger partial charge in [-0.3, -0.25) is 14.4 Å². The van der Waals surface area contributed by atoms with Crippen LogP contribution in [-0.4, -0.2) is 122 Å². The van der Waals surface area contributed by atoms with Crippen molar-refractivity contribution in [2.24, 2.45) is 5.92 Å². The third-order valence-electron chi connectivity index (χ3n) is 10.8. The van der Waals surface area contributed by atoms with Crippen LogP contribution < -0.4 is 10.6 Å². The van der Waals surface area contributed by atoms with E-state index in [9.17, 15) is 38.7 Å². The number of fused-ring (bicyclic) bond motifs is 1. The molecule has 0 bridgehead atoms. The lowest BCUT2D eigenvalue weighted by Crippen LogP contribution is -2.54. The number of amides is 4.